The van der Waals surface area contributed by atoms with Crippen LogP contribution in [0, 0.1) is 13.8 Å². The van der Waals surface area contributed by atoms with Gasteiger partial charge >= 0.3 is 0 Å². The van der Waals surface area contributed by atoms with E-state index in [1.165, 1.54) is 11.3 Å². The number of nitrogens with one attached hydrogen (secondary N) is 1. The minimum atomic E-state index is -3.65. The molecule has 0 fully saturated rings. The van der Waals surface area contributed by atoms with Crippen molar-refractivity contribution in [2.45, 2.75) is 18.7 Å². The Labute approximate surface area is 132 Å². The first-order chi connectivity index (χ1) is 8.79. The van der Waals surface area contributed by atoms with Crippen LogP contribution in [0.1, 0.15) is 10.6 Å². The molecule has 2 aromatic rings. The highest BCUT2D eigenvalue weighted by atomic mass is 79.9. The number of benzene rings is 1. The molecule has 0 aliphatic carbocycles. The summed E-state index contributed by atoms with van der Waals surface area (Å²) in [7, 11) is -3.65. The Kier molecular flexibility index (Phi) is 4.34. The van der Waals surface area contributed by atoms with Crippen LogP contribution in [0.15, 0.2) is 32.0 Å². The van der Waals surface area contributed by atoms with E-state index >= 15 is 0 Å². The van der Waals surface area contributed by atoms with Gasteiger partial charge in [0.1, 0.15) is 4.90 Å². The van der Waals surface area contributed by atoms with E-state index in [4.69, 9.17) is 0 Å². The van der Waals surface area contributed by atoms with Gasteiger partial charge in [-0.2, -0.15) is 0 Å². The van der Waals surface area contributed by atoms with Crippen LogP contribution >= 0.6 is 43.2 Å². The molecule has 0 aliphatic heterocycles. The third-order valence-electron chi connectivity index (χ3n) is 2.43. The second-order valence-electron chi connectivity index (χ2n) is 3.84. The molecule has 1 aromatic heterocycles. The van der Waals surface area contributed by atoms with E-state index < -0.39 is 10.0 Å². The van der Waals surface area contributed by atoms with Crippen molar-refractivity contribution in [3.63, 3.8) is 0 Å². The van der Waals surface area contributed by atoms with Gasteiger partial charge < -0.3 is 0 Å². The first-order valence-electron chi connectivity index (χ1n) is 5.21. The number of nitrogens with zero attached hydrogens (tertiary/aromatic N) is 1. The van der Waals surface area contributed by atoms with Crippen molar-refractivity contribution in [3.05, 3.63) is 37.7 Å². The summed E-state index contributed by atoms with van der Waals surface area (Å²) in [6.45, 7) is 3.75. The molecule has 1 heterocycles. The first-order valence-corrected chi connectivity index (χ1v) is 9.10. The van der Waals surface area contributed by atoms with Gasteiger partial charge in [-0.05, 0) is 48.0 Å². The monoisotopic (exact) mass is 424 g/mol. The van der Waals surface area contributed by atoms with Crippen molar-refractivity contribution in [2.24, 2.45) is 0 Å². The topological polar surface area (TPSA) is 59.1 Å². The maximum atomic E-state index is 12.3. The lowest BCUT2D eigenvalue weighted by atomic mass is 10.4. The predicted octanol–water partition coefficient (Wildman–Crippen LogP) is 4.09. The van der Waals surface area contributed by atoms with Crippen LogP contribution in [0.3, 0.4) is 0 Å². The van der Waals surface area contributed by atoms with E-state index in [1.54, 1.807) is 18.2 Å². The molecule has 8 heteroatoms. The zero-order valence-corrected chi connectivity index (χ0v) is 14.9. The Morgan fingerprint density at radius 1 is 1.26 bits per heavy atom. The van der Waals surface area contributed by atoms with Gasteiger partial charge in [-0.15, -0.1) is 11.3 Å². The maximum absolute atomic E-state index is 12.3. The second kappa shape index (κ2) is 5.51. The smallest absolute Gasteiger partial charge is 0.255 e. The summed E-state index contributed by atoms with van der Waals surface area (Å²) >= 11 is 7.82. The highest BCUT2D eigenvalue weighted by Crippen LogP contribution is 2.29. The van der Waals surface area contributed by atoms with Crippen molar-refractivity contribution in [3.8, 4) is 0 Å². The molecule has 0 radical (unpaired) electrons. The molecule has 1 aromatic carbocycles. The van der Waals surface area contributed by atoms with Crippen LogP contribution < -0.4 is 4.72 Å². The predicted molar refractivity (Wildman–Crippen MR) is 84.2 cm³/mol. The Bertz CT molecular complexity index is 707. The summed E-state index contributed by atoms with van der Waals surface area (Å²) in [5.74, 6) is 0. The number of halogens is 2. The van der Waals surface area contributed by atoms with Crippen LogP contribution in [0.2, 0.25) is 0 Å². The van der Waals surface area contributed by atoms with E-state index in [-0.39, 0.29) is 4.90 Å². The average molecular weight is 426 g/mol. The van der Waals surface area contributed by atoms with Crippen molar-refractivity contribution in [1.82, 2.24) is 4.98 Å². The lowest BCUT2D eigenvalue weighted by Gasteiger charge is -2.07. The molecule has 0 saturated heterocycles. The van der Waals surface area contributed by atoms with Gasteiger partial charge in [0.05, 0.1) is 5.69 Å². The summed E-state index contributed by atoms with van der Waals surface area (Å²) in [6.07, 6.45) is 0. The molecule has 0 atom stereocenters. The number of aromatic nitrogens is 1. The van der Waals surface area contributed by atoms with Crippen LogP contribution in [0.25, 0.3) is 0 Å². The van der Waals surface area contributed by atoms with Crippen molar-refractivity contribution in [1.29, 1.82) is 0 Å². The molecule has 1 N–H and O–H groups in total. The summed E-state index contributed by atoms with van der Waals surface area (Å²) in [4.78, 5) is 5.34. The normalized spacial score (nSPS) is 11.6. The van der Waals surface area contributed by atoms with Crippen LogP contribution in [0.4, 0.5) is 5.13 Å². The number of hydrogen-bond donors (Lipinski definition) is 1. The van der Waals surface area contributed by atoms with Gasteiger partial charge in [0, 0.05) is 13.8 Å². The molecule has 0 saturated carbocycles. The summed E-state index contributed by atoms with van der Waals surface area (Å²) in [6, 6.07) is 4.98. The lowest BCUT2D eigenvalue weighted by molar-refractivity contribution is 0.600. The summed E-state index contributed by atoms with van der Waals surface area (Å²) < 4.78 is 28.3. The number of anilines is 1. The minimum absolute atomic E-state index is 0.174. The number of sulfonamides is 1. The highest BCUT2D eigenvalue weighted by Gasteiger charge is 2.20. The largest absolute Gasteiger partial charge is 0.264 e. The zero-order valence-electron chi connectivity index (χ0n) is 10.1. The van der Waals surface area contributed by atoms with Gasteiger partial charge in [0.25, 0.3) is 10.0 Å². The van der Waals surface area contributed by atoms with E-state index in [2.05, 4.69) is 41.6 Å². The Morgan fingerprint density at radius 3 is 2.53 bits per heavy atom. The maximum Gasteiger partial charge on any atom is 0.264 e. The van der Waals surface area contributed by atoms with Crippen LogP contribution in [-0.4, -0.2) is 13.4 Å². The van der Waals surface area contributed by atoms with Crippen LogP contribution in [0.5, 0.6) is 0 Å². The third kappa shape index (κ3) is 3.36. The van der Waals surface area contributed by atoms with Crippen molar-refractivity contribution < 1.29 is 8.42 Å². The fourth-order valence-corrected chi connectivity index (χ4v) is 4.92. The Morgan fingerprint density at radius 2 is 1.95 bits per heavy atom. The SMILES string of the molecule is Cc1nc(NS(=O)(=O)c2cc(Br)ccc2Br)sc1C. The first kappa shape index (κ1) is 15.0. The van der Waals surface area contributed by atoms with Crippen molar-refractivity contribution >= 4 is 58.4 Å². The number of thiazole rings is 1. The van der Waals surface area contributed by atoms with Gasteiger partial charge in [-0.1, -0.05) is 15.9 Å². The molecule has 2 rings (SSSR count). The second-order valence-corrected chi connectivity index (χ2v) is 8.46. The van der Waals surface area contributed by atoms with Gasteiger partial charge in [-0.3, -0.25) is 4.72 Å². The van der Waals surface area contributed by atoms with E-state index in [9.17, 15) is 8.42 Å². The zero-order chi connectivity index (χ0) is 14.2. The van der Waals surface area contributed by atoms with E-state index in [1.807, 2.05) is 13.8 Å². The molecular weight excluding hydrogens is 416 g/mol. The molecule has 19 heavy (non-hydrogen) atoms. The average Bonchev–Trinajstić information content (AvgIpc) is 2.60. The minimum Gasteiger partial charge on any atom is -0.255 e. The molecule has 102 valence electrons. The standard InChI is InChI=1S/C11H10Br2N2O2S2/c1-6-7(2)18-11(14-6)15-19(16,17)10-5-8(12)3-4-9(10)13/h3-5H,1-2H3,(H,14,15). The van der Waals surface area contributed by atoms with Gasteiger partial charge in [-0.25, -0.2) is 13.4 Å². The molecule has 0 amide bonds. The Hall–Kier alpha value is -0.440. The quantitative estimate of drug-likeness (QED) is 0.805. The third-order valence-corrected chi connectivity index (χ3v) is 6.38. The van der Waals surface area contributed by atoms with Crippen LogP contribution in [-0.2, 0) is 10.0 Å². The fraction of sp³-hybridized carbons (Fsp3) is 0.182. The van der Waals surface area contributed by atoms with Crippen molar-refractivity contribution in [2.75, 3.05) is 4.72 Å². The molecule has 0 unspecified atom stereocenters. The Balaban J connectivity index is 2.40. The lowest BCUT2D eigenvalue weighted by Crippen LogP contribution is -2.13. The number of rotatable bonds is 3. The number of aryl methyl sites for hydroxylation is 2. The molecule has 0 aliphatic rings. The van der Waals surface area contributed by atoms with E-state index in [0.29, 0.717) is 14.1 Å². The number of hydrogen-bond acceptors (Lipinski definition) is 4. The summed E-state index contributed by atoms with van der Waals surface area (Å²) in [5.41, 5.74) is 0.830. The fourth-order valence-electron chi connectivity index (χ4n) is 1.37. The molecule has 0 spiro atoms. The van der Waals surface area contributed by atoms with E-state index in [0.717, 1.165) is 10.6 Å². The van der Waals surface area contributed by atoms with Gasteiger partial charge in [0.2, 0.25) is 0 Å². The van der Waals surface area contributed by atoms with Gasteiger partial charge in [0.15, 0.2) is 5.13 Å². The highest BCUT2D eigenvalue weighted by molar-refractivity contribution is 9.11. The molecule has 0 bridgehead atoms. The summed E-state index contributed by atoms with van der Waals surface area (Å²) in [5, 5.41) is 0.377. The molecular formula is C11H10Br2N2O2S2. The molecule has 4 nitrogen and oxygen atoms in total.